The van der Waals surface area contributed by atoms with E-state index in [-0.39, 0.29) is 6.04 Å². The SMILES string of the molecule is CC[C@H](COC)n1cc(C)c2nc(-c3ccc(C(C)C)nc3OC)c(C)nc21. The lowest BCUT2D eigenvalue weighted by molar-refractivity contribution is 0.154. The molecule has 0 unspecified atom stereocenters. The summed E-state index contributed by atoms with van der Waals surface area (Å²) in [5.41, 5.74) is 6.45. The molecule has 0 aliphatic heterocycles. The average molecular weight is 383 g/mol. The number of ether oxygens (including phenoxy) is 2. The van der Waals surface area contributed by atoms with Gasteiger partial charge in [-0.1, -0.05) is 20.8 Å². The minimum absolute atomic E-state index is 0.238. The summed E-state index contributed by atoms with van der Waals surface area (Å²) in [5, 5.41) is 0. The van der Waals surface area contributed by atoms with Gasteiger partial charge in [0.2, 0.25) is 5.88 Å². The first kappa shape index (κ1) is 20.3. The number of aryl methyl sites for hydroxylation is 2. The van der Waals surface area contributed by atoms with Crippen LogP contribution in [0.1, 0.15) is 56.1 Å². The van der Waals surface area contributed by atoms with Crippen LogP contribution in [0.15, 0.2) is 18.3 Å². The predicted molar refractivity (Wildman–Crippen MR) is 112 cm³/mol. The molecule has 0 amide bonds. The van der Waals surface area contributed by atoms with E-state index in [1.165, 1.54) is 0 Å². The van der Waals surface area contributed by atoms with Gasteiger partial charge in [-0.05, 0) is 43.9 Å². The van der Waals surface area contributed by atoms with E-state index in [0.29, 0.717) is 18.4 Å². The van der Waals surface area contributed by atoms with E-state index in [1.54, 1.807) is 14.2 Å². The maximum atomic E-state index is 5.58. The topological polar surface area (TPSA) is 62.1 Å². The minimum Gasteiger partial charge on any atom is -0.480 e. The molecule has 0 fully saturated rings. The summed E-state index contributed by atoms with van der Waals surface area (Å²) in [6.45, 7) is 11.1. The Balaban J connectivity index is 2.17. The van der Waals surface area contributed by atoms with Gasteiger partial charge in [0, 0.05) is 19.0 Å². The van der Waals surface area contributed by atoms with Gasteiger partial charge in [0.25, 0.3) is 0 Å². The second kappa shape index (κ2) is 8.27. The number of hydrogen-bond acceptors (Lipinski definition) is 5. The van der Waals surface area contributed by atoms with Crippen molar-refractivity contribution < 1.29 is 9.47 Å². The van der Waals surface area contributed by atoms with Crippen LogP contribution in [0.25, 0.3) is 22.4 Å². The first-order valence-electron chi connectivity index (χ1n) is 9.81. The van der Waals surface area contributed by atoms with Crippen molar-refractivity contribution in [1.29, 1.82) is 0 Å². The normalized spacial score (nSPS) is 12.7. The lowest BCUT2D eigenvalue weighted by Crippen LogP contribution is -2.13. The Morgan fingerprint density at radius 1 is 1.07 bits per heavy atom. The Hall–Kier alpha value is -2.47. The summed E-state index contributed by atoms with van der Waals surface area (Å²) >= 11 is 0. The highest BCUT2D eigenvalue weighted by Gasteiger charge is 2.20. The van der Waals surface area contributed by atoms with Gasteiger partial charge in [-0.15, -0.1) is 0 Å². The van der Waals surface area contributed by atoms with Crippen molar-refractivity contribution in [3.8, 4) is 17.1 Å². The Morgan fingerprint density at radius 3 is 2.43 bits per heavy atom. The highest BCUT2D eigenvalue weighted by Crippen LogP contribution is 2.33. The number of pyridine rings is 1. The molecular formula is C22H30N4O2. The van der Waals surface area contributed by atoms with Gasteiger partial charge in [0.15, 0.2) is 5.65 Å². The molecule has 0 aromatic carbocycles. The molecule has 1 atom stereocenters. The molecule has 3 rings (SSSR count). The van der Waals surface area contributed by atoms with Crippen LogP contribution in [0, 0.1) is 13.8 Å². The summed E-state index contributed by atoms with van der Waals surface area (Å²) in [6.07, 6.45) is 3.09. The van der Waals surface area contributed by atoms with Gasteiger partial charge >= 0.3 is 0 Å². The molecule has 0 saturated carbocycles. The predicted octanol–water partition coefficient (Wildman–Crippen LogP) is 4.84. The zero-order valence-corrected chi connectivity index (χ0v) is 17.9. The van der Waals surface area contributed by atoms with Crippen molar-refractivity contribution in [3.63, 3.8) is 0 Å². The second-order valence-corrected chi connectivity index (χ2v) is 7.51. The summed E-state index contributed by atoms with van der Waals surface area (Å²) in [4.78, 5) is 14.6. The molecule has 6 nitrogen and oxygen atoms in total. The molecule has 0 spiro atoms. The lowest BCUT2D eigenvalue weighted by Gasteiger charge is -2.17. The lowest BCUT2D eigenvalue weighted by atomic mass is 10.1. The molecule has 0 radical (unpaired) electrons. The van der Waals surface area contributed by atoms with Crippen LogP contribution in [-0.2, 0) is 4.74 Å². The Kier molecular flexibility index (Phi) is 5.98. The van der Waals surface area contributed by atoms with E-state index in [9.17, 15) is 0 Å². The largest absolute Gasteiger partial charge is 0.480 e. The summed E-state index contributed by atoms with van der Waals surface area (Å²) in [7, 11) is 3.38. The second-order valence-electron chi connectivity index (χ2n) is 7.51. The van der Waals surface area contributed by atoms with E-state index in [0.717, 1.165) is 45.8 Å². The number of rotatable bonds is 7. The first-order chi connectivity index (χ1) is 13.4. The van der Waals surface area contributed by atoms with Gasteiger partial charge in [-0.3, -0.25) is 0 Å². The van der Waals surface area contributed by atoms with Crippen molar-refractivity contribution in [2.75, 3.05) is 20.8 Å². The Labute approximate surface area is 166 Å². The third kappa shape index (κ3) is 3.61. The van der Waals surface area contributed by atoms with Gasteiger partial charge in [-0.2, -0.15) is 0 Å². The van der Waals surface area contributed by atoms with E-state index in [1.807, 2.05) is 19.1 Å². The van der Waals surface area contributed by atoms with Gasteiger partial charge in [-0.25, -0.2) is 15.0 Å². The number of nitrogens with zero attached hydrogens (tertiary/aromatic N) is 4. The number of hydrogen-bond donors (Lipinski definition) is 0. The summed E-state index contributed by atoms with van der Waals surface area (Å²) < 4.78 is 13.2. The Morgan fingerprint density at radius 2 is 1.82 bits per heavy atom. The fourth-order valence-electron chi connectivity index (χ4n) is 3.52. The van der Waals surface area contributed by atoms with Crippen molar-refractivity contribution >= 4 is 11.2 Å². The van der Waals surface area contributed by atoms with Crippen molar-refractivity contribution in [2.45, 2.75) is 53.0 Å². The molecule has 0 saturated heterocycles. The fourth-order valence-corrected chi connectivity index (χ4v) is 3.52. The van der Waals surface area contributed by atoms with Crippen LogP contribution >= 0.6 is 0 Å². The van der Waals surface area contributed by atoms with Crippen LogP contribution in [-0.4, -0.2) is 40.3 Å². The highest BCUT2D eigenvalue weighted by molar-refractivity contribution is 5.80. The number of fused-ring (bicyclic) bond motifs is 1. The number of aromatic nitrogens is 4. The van der Waals surface area contributed by atoms with Crippen LogP contribution in [0.3, 0.4) is 0 Å². The van der Waals surface area contributed by atoms with Crippen LogP contribution in [0.5, 0.6) is 5.88 Å². The van der Waals surface area contributed by atoms with Crippen LogP contribution in [0.2, 0.25) is 0 Å². The molecule has 3 heterocycles. The molecular weight excluding hydrogens is 352 g/mol. The zero-order chi connectivity index (χ0) is 20.4. The minimum atomic E-state index is 0.238. The molecule has 3 aromatic rings. The smallest absolute Gasteiger partial charge is 0.222 e. The Bertz CT molecular complexity index is 978. The van der Waals surface area contributed by atoms with Gasteiger partial charge in [0.05, 0.1) is 36.7 Å². The molecule has 0 bridgehead atoms. The van der Waals surface area contributed by atoms with E-state index in [4.69, 9.17) is 19.4 Å². The molecule has 28 heavy (non-hydrogen) atoms. The zero-order valence-electron chi connectivity index (χ0n) is 17.9. The molecule has 6 heteroatoms. The monoisotopic (exact) mass is 382 g/mol. The van der Waals surface area contributed by atoms with Gasteiger partial charge < -0.3 is 14.0 Å². The van der Waals surface area contributed by atoms with Crippen molar-refractivity contribution in [2.24, 2.45) is 0 Å². The third-order valence-electron chi connectivity index (χ3n) is 5.15. The van der Waals surface area contributed by atoms with E-state index in [2.05, 4.69) is 43.4 Å². The molecule has 3 aromatic heterocycles. The highest BCUT2D eigenvalue weighted by atomic mass is 16.5. The third-order valence-corrected chi connectivity index (χ3v) is 5.15. The van der Waals surface area contributed by atoms with E-state index < -0.39 is 0 Å². The fraction of sp³-hybridized carbons (Fsp3) is 0.500. The van der Waals surface area contributed by atoms with Crippen molar-refractivity contribution in [3.05, 3.63) is 35.3 Å². The van der Waals surface area contributed by atoms with E-state index >= 15 is 0 Å². The standard InChI is InChI=1S/C22H30N4O2/c1-8-16(12-27-6)26-11-14(4)19-21(26)23-15(5)20(25-19)17-9-10-18(13(2)3)24-22(17)28-7/h9-11,13,16H,8,12H2,1-7H3/t16-/m1/s1. The average Bonchev–Trinajstić information content (AvgIpc) is 3.00. The number of methoxy groups -OCH3 is 2. The van der Waals surface area contributed by atoms with Crippen molar-refractivity contribution in [1.82, 2.24) is 19.5 Å². The summed E-state index contributed by atoms with van der Waals surface area (Å²) in [6, 6.07) is 4.32. The van der Waals surface area contributed by atoms with Crippen LogP contribution < -0.4 is 4.74 Å². The molecule has 0 N–H and O–H groups in total. The quantitative estimate of drug-likeness (QED) is 0.585. The van der Waals surface area contributed by atoms with Crippen LogP contribution in [0.4, 0.5) is 0 Å². The molecule has 0 aliphatic rings. The molecule has 0 aliphatic carbocycles. The maximum Gasteiger partial charge on any atom is 0.222 e. The summed E-state index contributed by atoms with van der Waals surface area (Å²) in [5.74, 6) is 0.923. The molecule has 150 valence electrons. The van der Waals surface area contributed by atoms with Gasteiger partial charge in [0.1, 0.15) is 5.52 Å². The maximum absolute atomic E-state index is 5.58. The first-order valence-corrected chi connectivity index (χ1v) is 9.81.